The second-order valence-corrected chi connectivity index (χ2v) is 5.66. The number of benzene rings is 2. The highest BCUT2D eigenvalue weighted by atomic mass is 79.9. The van der Waals surface area contributed by atoms with Crippen LogP contribution in [-0.4, -0.2) is 6.54 Å². The highest BCUT2D eigenvalue weighted by Gasteiger charge is 2.04. The average Bonchev–Trinajstić information content (AvgIpc) is 2.47. The van der Waals surface area contributed by atoms with Gasteiger partial charge in [-0.05, 0) is 42.3 Å². The lowest BCUT2D eigenvalue weighted by Gasteiger charge is -2.13. The normalized spacial score (nSPS) is 10.6. The summed E-state index contributed by atoms with van der Waals surface area (Å²) >= 11 is 3.48. The Bertz CT molecular complexity index is 569. The molecule has 2 aromatic rings. The van der Waals surface area contributed by atoms with Gasteiger partial charge in [0.05, 0.1) is 0 Å². The van der Waals surface area contributed by atoms with Crippen molar-refractivity contribution in [2.75, 3.05) is 6.54 Å². The zero-order valence-electron chi connectivity index (χ0n) is 11.9. The first kappa shape index (κ1) is 15.1. The summed E-state index contributed by atoms with van der Waals surface area (Å²) in [5.41, 5.74) is 3.67. The molecule has 0 aliphatic heterocycles. The Hall–Kier alpha value is -1.32. The molecule has 20 heavy (non-hydrogen) atoms. The van der Waals surface area contributed by atoms with Crippen molar-refractivity contribution in [3.8, 4) is 5.75 Å². The molecule has 0 saturated heterocycles. The van der Waals surface area contributed by atoms with Crippen LogP contribution in [0.5, 0.6) is 5.75 Å². The quantitative estimate of drug-likeness (QED) is 0.843. The molecule has 0 fully saturated rings. The van der Waals surface area contributed by atoms with Crippen molar-refractivity contribution in [2.24, 2.45) is 0 Å². The summed E-state index contributed by atoms with van der Waals surface area (Å²) in [5, 5.41) is 3.36. The molecule has 0 unspecified atom stereocenters. The number of nitrogens with one attached hydrogen (secondary N) is 1. The Kier molecular flexibility index (Phi) is 5.62. The van der Waals surface area contributed by atoms with Gasteiger partial charge in [0.1, 0.15) is 12.4 Å². The standard InChI is InChI=1S/C17H20BrNO/c1-3-19-11-14-6-4-5-7-15(14)12-20-17-10-16(18)9-8-13(17)2/h4-10,19H,3,11-12H2,1-2H3. The third kappa shape index (κ3) is 4.09. The van der Waals surface area contributed by atoms with E-state index in [1.807, 2.05) is 12.1 Å². The molecule has 0 heterocycles. The van der Waals surface area contributed by atoms with E-state index in [2.05, 4.69) is 65.4 Å². The number of halogens is 1. The molecule has 106 valence electrons. The fourth-order valence-corrected chi connectivity index (χ4v) is 2.36. The Balaban J connectivity index is 2.08. The maximum absolute atomic E-state index is 5.97. The SMILES string of the molecule is CCNCc1ccccc1COc1cc(Br)ccc1C. The minimum absolute atomic E-state index is 0.596. The van der Waals surface area contributed by atoms with Gasteiger partial charge in [0.2, 0.25) is 0 Å². The molecule has 0 bridgehead atoms. The predicted molar refractivity (Wildman–Crippen MR) is 87.0 cm³/mol. The first-order valence-electron chi connectivity index (χ1n) is 6.87. The van der Waals surface area contributed by atoms with Gasteiger partial charge >= 0.3 is 0 Å². The van der Waals surface area contributed by atoms with Crippen molar-refractivity contribution in [1.29, 1.82) is 0 Å². The van der Waals surface area contributed by atoms with Crippen molar-refractivity contribution >= 4 is 15.9 Å². The first-order chi connectivity index (χ1) is 9.70. The van der Waals surface area contributed by atoms with Gasteiger partial charge in [-0.25, -0.2) is 0 Å². The van der Waals surface area contributed by atoms with E-state index in [0.29, 0.717) is 6.61 Å². The summed E-state index contributed by atoms with van der Waals surface area (Å²) in [4.78, 5) is 0. The molecular weight excluding hydrogens is 314 g/mol. The van der Waals surface area contributed by atoms with Crippen LogP contribution >= 0.6 is 15.9 Å². The Morgan fingerprint density at radius 1 is 1.10 bits per heavy atom. The van der Waals surface area contributed by atoms with Crippen molar-refractivity contribution < 1.29 is 4.74 Å². The molecule has 2 aromatic carbocycles. The van der Waals surface area contributed by atoms with E-state index in [0.717, 1.165) is 28.9 Å². The monoisotopic (exact) mass is 333 g/mol. The van der Waals surface area contributed by atoms with Crippen molar-refractivity contribution in [3.63, 3.8) is 0 Å². The molecule has 0 atom stereocenters. The van der Waals surface area contributed by atoms with E-state index in [-0.39, 0.29) is 0 Å². The summed E-state index contributed by atoms with van der Waals surface area (Å²) in [6.45, 7) is 6.63. The third-order valence-electron chi connectivity index (χ3n) is 3.22. The topological polar surface area (TPSA) is 21.3 Å². The molecule has 0 spiro atoms. The minimum atomic E-state index is 0.596. The summed E-state index contributed by atoms with van der Waals surface area (Å²) in [7, 11) is 0. The molecule has 0 saturated carbocycles. The summed E-state index contributed by atoms with van der Waals surface area (Å²) < 4.78 is 7.01. The third-order valence-corrected chi connectivity index (χ3v) is 3.71. The lowest BCUT2D eigenvalue weighted by atomic mass is 10.1. The van der Waals surface area contributed by atoms with Crippen LogP contribution in [0, 0.1) is 6.92 Å². The molecular formula is C17H20BrNO. The van der Waals surface area contributed by atoms with E-state index in [9.17, 15) is 0 Å². The summed E-state index contributed by atoms with van der Waals surface area (Å²) in [6.07, 6.45) is 0. The van der Waals surface area contributed by atoms with E-state index >= 15 is 0 Å². The highest BCUT2D eigenvalue weighted by Crippen LogP contribution is 2.24. The van der Waals surface area contributed by atoms with Gasteiger partial charge in [0, 0.05) is 11.0 Å². The molecule has 2 nitrogen and oxygen atoms in total. The van der Waals surface area contributed by atoms with Crippen LogP contribution in [0.15, 0.2) is 46.9 Å². The second kappa shape index (κ2) is 7.46. The molecule has 0 aliphatic carbocycles. The van der Waals surface area contributed by atoms with Crippen LogP contribution in [-0.2, 0) is 13.2 Å². The molecule has 1 N–H and O–H groups in total. The number of rotatable bonds is 6. The molecule has 0 radical (unpaired) electrons. The van der Waals surface area contributed by atoms with Gasteiger partial charge in [0.25, 0.3) is 0 Å². The highest BCUT2D eigenvalue weighted by molar-refractivity contribution is 9.10. The van der Waals surface area contributed by atoms with E-state index in [4.69, 9.17) is 4.74 Å². The van der Waals surface area contributed by atoms with Crippen LogP contribution in [0.25, 0.3) is 0 Å². The molecule has 0 aliphatic rings. The first-order valence-corrected chi connectivity index (χ1v) is 7.66. The Labute approximate surface area is 129 Å². The smallest absolute Gasteiger partial charge is 0.123 e. The van der Waals surface area contributed by atoms with Crippen molar-refractivity contribution in [3.05, 3.63) is 63.6 Å². The van der Waals surface area contributed by atoms with Crippen LogP contribution in [0.2, 0.25) is 0 Å². The van der Waals surface area contributed by atoms with Gasteiger partial charge < -0.3 is 10.1 Å². The van der Waals surface area contributed by atoms with Crippen LogP contribution < -0.4 is 10.1 Å². The zero-order chi connectivity index (χ0) is 14.4. The maximum Gasteiger partial charge on any atom is 0.123 e. The number of aryl methyl sites for hydroxylation is 1. The molecule has 0 amide bonds. The van der Waals surface area contributed by atoms with E-state index in [1.165, 1.54) is 11.1 Å². The molecule has 0 aromatic heterocycles. The van der Waals surface area contributed by atoms with E-state index in [1.54, 1.807) is 0 Å². The minimum Gasteiger partial charge on any atom is -0.489 e. The Morgan fingerprint density at radius 2 is 1.85 bits per heavy atom. The average molecular weight is 334 g/mol. The predicted octanol–water partition coefficient (Wildman–Crippen LogP) is 4.45. The number of ether oxygens (including phenoxy) is 1. The lowest BCUT2D eigenvalue weighted by Crippen LogP contribution is -2.14. The Morgan fingerprint density at radius 3 is 2.60 bits per heavy atom. The maximum atomic E-state index is 5.97. The number of hydrogen-bond acceptors (Lipinski definition) is 2. The van der Waals surface area contributed by atoms with Gasteiger partial charge in [-0.2, -0.15) is 0 Å². The molecule has 3 heteroatoms. The summed E-state index contributed by atoms with van der Waals surface area (Å²) in [6, 6.07) is 14.5. The molecule has 2 rings (SSSR count). The largest absolute Gasteiger partial charge is 0.489 e. The van der Waals surface area contributed by atoms with Gasteiger partial charge in [-0.15, -0.1) is 0 Å². The summed E-state index contributed by atoms with van der Waals surface area (Å²) in [5.74, 6) is 0.928. The second-order valence-electron chi connectivity index (χ2n) is 4.75. The van der Waals surface area contributed by atoms with Crippen LogP contribution in [0.1, 0.15) is 23.6 Å². The van der Waals surface area contributed by atoms with Crippen molar-refractivity contribution in [2.45, 2.75) is 27.0 Å². The zero-order valence-corrected chi connectivity index (χ0v) is 13.5. The fraction of sp³-hybridized carbons (Fsp3) is 0.294. The number of hydrogen-bond donors (Lipinski definition) is 1. The van der Waals surface area contributed by atoms with Crippen molar-refractivity contribution in [1.82, 2.24) is 5.32 Å². The fourth-order valence-electron chi connectivity index (χ4n) is 2.02. The van der Waals surface area contributed by atoms with Gasteiger partial charge in [-0.3, -0.25) is 0 Å². The van der Waals surface area contributed by atoms with E-state index < -0.39 is 0 Å². The van der Waals surface area contributed by atoms with Gasteiger partial charge in [-0.1, -0.05) is 53.2 Å². The van der Waals surface area contributed by atoms with Gasteiger partial charge in [0.15, 0.2) is 0 Å². The van der Waals surface area contributed by atoms with Crippen LogP contribution in [0.3, 0.4) is 0 Å². The lowest BCUT2D eigenvalue weighted by molar-refractivity contribution is 0.302. The van der Waals surface area contributed by atoms with Crippen LogP contribution in [0.4, 0.5) is 0 Å².